The third-order valence-corrected chi connectivity index (χ3v) is 4.04. The number of rotatable bonds is 5. The maximum Gasteiger partial charge on any atom is 0.277 e. The Hall–Kier alpha value is -1.99. The minimum Gasteiger partial charge on any atom is -0.382 e. The maximum atomic E-state index is 12.1. The highest BCUT2D eigenvalue weighted by Gasteiger charge is 2.13. The molecule has 0 aliphatic heterocycles. The number of thioether (sulfide) groups is 1. The predicted octanol–water partition coefficient (Wildman–Crippen LogP) is 2.76. The van der Waals surface area contributed by atoms with Crippen LogP contribution in [-0.2, 0) is 0 Å². The van der Waals surface area contributed by atoms with Gasteiger partial charge in [0, 0.05) is 16.3 Å². The average molecular weight is 339 g/mol. The molecule has 0 fully saturated rings. The summed E-state index contributed by atoms with van der Waals surface area (Å²) in [6.07, 6.45) is 0.948. The summed E-state index contributed by atoms with van der Waals surface area (Å²) >= 11 is 7.17. The Morgan fingerprint density at radius 3 is 2.68 bits per heavy atom. The first kappa shape index (κ1) is 16.4. The summed E-state index contributed by atoms with van der Waals surface area (Å²) in [4.78, 5) is 30.8. The van der Waals surface area contributed by atoms with Gasteiger partial charge in [0.1, 0.15) is 5.69 Å². The standard InChI is InChI=1S/C14H15ClN4O2S/c1-2-7-22-14-18-11(16)10(13(21)19-14)17-12(20)8-3-5-9(15)6-4-8/h3-6H,2,7H2,1H3,(H,17,20)(H3,16,18,19,21). The van der Waals surface area contributed by atoms with E-state index in [0.29, 0.717) is 15.7 Å². The molecule has 1 aromatic heterocycles. The average Bonchev–Trinajstić information content (AvgIpc) is 2.49. The molecule has 22 heavy (non-hydrogen) atoms. The van der Waals surface area contributed by atoms with Crippen molar-refractivity contribution in [2.75, 3.05) is 16.8 Å². The summed E-state index contributed by atoms with van der Waals surface area (Å²) in [5.41, 5.74) is 5.60. The Bertz CT molecular complexity index is 731. The third-order valence-electron chi connectivity index (χ3n) is 2.71. The molecule has 0 spiro atoms. The second-order valence-electron chi connectivity index (χ2n) is 4.44. The number of aromatic amines is 1. The number of benzene rings is 1. The van der Waals surface area contributed by atoms with E-state index in [1.165, 1.54) is 11.8 Å². The van der Waals surface area contributed by atoms with Crippen LogP contribution in [0.2, 0.25) is 5.02 Å². The number of nitrogens with zero attached hydrogens (tertiary/aromatic N) is 1. The molecule has 0 atom stereocenters. The van der Waals surface area contributed by atoms with E-state index in [1.54, 1.807) is 24.3 Å². The molecule has 0 saturated heterocycles. The Kier molecular flexibility index (Phi) is 5.46. The third kappa shape index (κ3) is 4.02. The SMILES string of the molecule is CCCSc1nc(N)c(NC(=O)c2ccc(Cl)cc2)c(=O)[nH]1. The lowest BCUT2D eigenvalue weighted by Crippen LogP contribution is -2.23. The molecular formula is C14H15ClN4O2S. The van der Waals surface area contributed by atoms with Gasteiger partial charge >= 0.3 is 0 Å². The molecular weight excluding hydrogens is 324 g/mol. The van der Waals surface area contributed by atoms with Gasteiger partial charge in [0.15, 0.2) is 11.0 Å². The smallest absolute Gasteiger partial charge is 0.277 e. The minimum atomic E-state index is -0.478. The molecule has 6 nitrogen and oxygen atoms in total. The van der Waals surface area contributed by atoms with Crippen molar-refractivity contribution in [1.29, 1.82) is 0 Å². The van der Waals surface area contributed by atoms with Crippen LogP contribution in [0.15, 0.2) is 34.2 Å². The molecule has 2 rings (SSSR count). The van der Waals surface area contributed by atoms with Crippen molar-refractivity contribution >= 4 is 40.8 Å². The molecule has 1 heterocycles. The molecule has 0 radical (unpaired) electrons. The number of nitrogens with two attached hydrogens (primary N) is 1. The monoisotopic (exact) mass is 338 g/mol. The number of nitrogen functional groups attached to an aromatic ring is 1. The Morgan fingerprint density at radius 2 is 2.09 bits per heavy atom. The van der Waals surface area contributed by atoms with Crippen LogP contribution in [0.5, 0.6) is 0 Å². The van der Waals surface area contributed by atoms with Gasteiger partial charge in [-0.05, 0) is 30.7 Å². The van der Waals surface area contributed by atoms with Gasteiger partial charge < -0.3 is 11.1 Å². The molecule has 116 valence electrons. The van der Waals surface area contributed by atoms with Crippen LogP contribution in [-0.4, -0.2) is 21.6 Å². The number of halogens is 1. The van der Waals surface area contributed by atoms with E-state index in [1.807, 2.05) is 6.92 Å². The van der Waals surface area contributed by atoms with Crippen molar-refractivity contribution < 1.29 is 4.79 Å². The number of anilines is 2. The molecule has 0 aliphatic rings. The summed E-state index contributed by atoms with van der Waals surface area (Å²) < 4.78 is 0. The van der Waals surface area contributed by atoms with Crippen LogP contribution in [0.3, 0.4) is 0 Å². The normalized spacial score (nSPS) is 10.5. The van der Waals surface area contributed by atoms with E-state index in [-0.39, 0.29) is 11.5 Å². The lowest BCUT2D eigenvalue weighted by Gasteiger charge is -2.08. The molecule has 2 aromatic rings. The number of amides is 1. The van der Waals surface area contributed by atoms with Crippen molar-refractivity contribution in [3.8, 4) is 0 Å². The molecule has 0 saturated carbocycles. The van der Waals surface area contributed by atoms with Crippen LogP contribution in [0, 0.1) is 0 Å². The molecule has 0 aliphatic carbocycles. The van der Waals surface area contributed by atoms with Gasteiger partial charge in [0.05, 0.1) is 0 Å². The van der Waals surface area contributed by atoms with Gasteiger partial charge in [-0.3, -0.25) is 14.6 Å². The fourth-order valence-electron chi connectivity index (χ4n) is 1.64. The summed E-state index contributed by atoms with van der Waals surface area (Å²) in [6, 6.07) is 6.29. The van der Waals surface area contributed by atoms with Crippen LogP contribution in [0.1, 0.15) is 23.7 Å². The van der Waals surface area contributed by atoms with Crippen molar-refractivity contribution in [3.63, 3.8) is 0 Å². The topological polar surface area (TPSA) is 101 Å². The number of carbonyl (C=O) groups is 1. The van der Waals surface area contributed by atoms with Gasteiger partial charge in [-0.15, -0.1) is 0 Å². The van der Waals surface area contributed by atoms with E-state index in [2.05, 4.69) is 15.3 Å². The zero-order valence-corrected chi connectivity index (χ0v) is 13.4. The van der Waals surface area contributed by atoms with Crippen molar-refractivity contribution in [2.24, 2.45) is 0 Å². The summed E-state index contributed by atoms with van der Waals surface area (Å²) in [6.45, 7) is 2.02. The van der Waals surface area contributed by atoms with E-state index in [4.69, 9.17) is 17.3 Å². The molecule has 8 heteroatoms. The van der Waals surface area contributed by atoms with Crippen LogP contribution >= 0.6 is 23.4 Å². The van der Waals surface area contributed by atoms with E-state index < -0.39 is 11.5 Å². The molecule has 1 amide bonds. The van der Waals surface area contributed by atoms with E-state index in [9.17, 15) is 9.59 Å². The number of nitrogens with one attached hydrogen (secondary N) is 2. The van der Waals surface area contributed by atoms with E-state index in [0.717, 1.165) is 12.2 Å². The van der Waals surface area contributed by atoms with Gasteiger partial charge in [-0.2, -0.15) is 0 Å². The first-order valence-corrected chi connectivity index (χ1v) is 7.97. The lowest BCUT2D eigenvalue weighted by atomic mass is 10.2. The number of H-pyrrole nitrogens is 1. The Balaban J connectivity index is 2.20. The zero-order valence-electron chi connectivity index (χ0n) is 11.9. The fraction of sp³-hybridized carbons (Fsp3) is 0.214. The molecule has 1 aromatic carbocycles. The van der Waals surface area contributed by atoms with Crippen molar-refractivity contribution in [2.45, 2.75) is 18.5 Å². The molecule has 0 unspecified atom stereocenters. The van der Waals surface area contributed by atoms with Crippen LogP contribution in [0.25, 0.3) is 0 Å². The number of aromatic nitrogens is 2. The van der Waals surface area contributed by atoms with Crippen LogP contribution < -0.4 is 16.6 Å². The number of carbonyl (C=O) groups excluding carboxylic acids is 1. The zero-order chi connectivity index (χ0) is 16.1. The van der Waals surface area contributed by atoms with Gasteiger partial charge in [0.25, 0.3) is 11.5 Å². The second-order valence-corrected chi connectivity index (χ2v) is 5.96. The molecule has 4 N–H and O–H groups in total. The van der Waals surface area contributed by atoms with Crippen molar-refractivity contribution in [3.05, 3.63) is 45.2 Å². The summed E-state index contributed by atoms with van der Waals surface area (Å²) in [5, 5.41) is 3.43. The van der Waals surface area contributed by atoms with Gasteiger partial charge in [-0.1, -0.05) is 30.3 Å². The maximum absolute atomic E-state index is 12.1. The lowest BCUT2D eigenvalue weighted by molar-refractivity contribution is 0.102. The number of hydrogen-bond donors (Lipinski definition) is 3. The second kappa shape index (κ2) is 7.33. The van der Waals surface area contributed by atoms with Gasteiger partial charge in [-0.25, -0.2) is 4.98 Å². The highest BCUT2D eigenvalue weighted by atomic mass is 35.5. The Labute approximate surface area is 136 Å². The Morgan fingerprint density at radius 1 is 1.41 bits per heavy atom. The fourth-order valence-corrected chi connectivity index (χ4v) is 2.50. The highest BCUT2D eigenvalue weighted by molar-refractivity contribution is 7.99. The molecule has 0 bridgehead atoms. The first-order chi connectivity index (χ1) is 10.5. The predicted molar refractivity (Wildman–Crippen MR) is 89.7 cm³/mol. The minimum absolute atomic E-state index is 0.00957. The first-order valence-electron chi connectivity index (χ1n) is 6.60. The van der Waals surface area contributed by atoms with E-state index >= 15 is 0 Å². The largest absolute Gasteiger partial charge is 0.382 e. The van der Waals surface area contributed by atoms with Gasteiger partial charge in [0.2, 0.25) is 0 Å². The summed E-state index contributed by atoms with van der Waals surface area (Å²) in [5.74, 6) is 0.355. The van der Waals surface area contributed by atoms with Crippen molar-refractivity contribution in [1.82, 2.24) is 9.97 Å². The number of hydrogen-bond acceptors (Lipinski definition) is 5. The summed E-state index contributed by atoms with van der Waals surface area (Å²) in [7, 11) is 0. The quantitative estimate of drug-likeness (QED) is 0.575. The van der Waals surface area contributed by atoms with Crippen LogP contribution in [0.4, 0.5) is 11.5 Å². The highest BCUT2D eigenvalue weighted by Crippen LogP contribution is 2.18.